The molecule has 3 rings (SSSR count). The fourth-order valence-electron chi connectivity index (χ4n) is 1.93. The molecule has 104 valence electrons. The highest BCUT2D eigenvalue weighted by Crippen LogP contribution is 2.26. The van der Waals surface area contributed by atoms with Gasteiger partial charge in [-0.15, -0.1) is 0 Å². The van der Waals surface area contributed by atoms with E-state index in [0.717, 1.165) is 5.39 Å². The van der Waals surface area contributed by atoms with Crippen LogP contribution in [0, 0.1) is 0 Å². The maximum Gasteiger partial charge on any atom is 0.257 e. The summed E-state index contributed by atoms with van der Waals surface area (Å²) < 4.78 is 0. The summed E-state index contributed by atoms with van der Waals surface area (Å²) in [7, 11) is 0. The van der Waals surface area contributed by atoms with Crippen LogP contribution in [0.3, 0.4) is 0 Å². The van der Waals surface area contributed by atoms with Crippen LogP contribution < -0.4 is 5.32 Å². The number of pyridine rings is 2. The maximum absolute atomic E-state index is 12.3. The minimum Gasteiger partial charge on any atom is -0.321 e. The van der Waals surface area contributed by atoms with Gasteiger partial charge in [0.2, 0.25) is 0 Å². The molecule has 1 N–H and O–H groups in total. The van der Waals surface area contributed by atoms with E-state index in [2.05, 4.69) is 15.3 Å². The van der Waals surface area contributed by atoms with Gasteiger partial charge in [-0.1, -0.05) is 35.3 Å². The van der Waals surface area contributed by atoms with Gasteiger partial charge in [-0.05, 0) is 24.3 Å². The normalized spacial score (nSPS) is 10.6. The molecule has 3 aromatic rings. The van der Waals surface area contributed by atoms with Gasteiger partial charge in [0.15, 0.2) is 0 Å². The fourth-order valence-corrected chi connectivity index (χ4v) is 2.35. The van der Waals surface area contributed by atoms with E-state index in [0.29, 0.717) is 26.9 Å². The first-order valence-corrected chi connectivity index (χ1v) is 6.87. The highest BCUT2D eigenvalue weighted by atomic mass is 35.5. The number of benzene rings is 1. The van der Waals surface area contributed by atoms with Gasteiger partial charge in [-0.2, -0.15) is 0 Å². The summed E-state index contributed by atoms with van der Waals surface area (Å²) in [6.45, 7) is 0. The number of hydrogen-bond donors (Lipinski definition) is 1. The van der Waals surface area contributed by atoms with Crippen LogP contribution in [-0.4, -0.2) is 15.9 Å². The lowest BCUT2D eigenvalue weighted by Gasteiger charge is -2.08. The van der Waals surface area contributed by atoms with E-state index in [9.17, 15) is 4.79 Å². The van der Waals surface area contributed by atoms with Gasteiger partial charge in [-0.25, -0.2) is 4.98 Å². The predicted molar refractivity (Wildman–Crippen MR) is 84.0 cm³/mol. The molecular weight excluding hydrogens is 309 g/mol. The van der Waals surface area contributed by atoms with E-state index in [-0.39, 0.29) is 5.91 Å². The molecule has 0 aliphatic heterocycles. The van der Waals surface area contributed by atoms with E-state index in [4.69, 9.17) is 23.2 Å². The summed E-state index contributed by atoms with van der Waals surface area (Å²) >= 11 is 12.0. The highest BCUT2D eigenvalue weighted by Gasteiger charge is 2.14. The number of hydrogen-bond acceptors (Lipinski definition) is 3. The van der Waals surface area contributed by atoms with Crippen molar-refractivity contribution in [3.05, 3.63) is 64.5 Å². The lowest BCUT2D eigenvalue weighted by Crippen LogP contribution is -2.12. The van der Waals surface area contributed by atoms with E-state index >= 15 is 0 Å². The summed E-state index contributed by atoms with van der Waals surface area (Å²) in [4.78, 5) is 20.4. The Bertz CT molecular complexity index is 819. The van der Waals surface area contributed by atoms with Crippen LogP contribution in [-0.2, 0) is 0 Å². The van der Waals surface area contributed by atoms with Crippen LogP contribution in [0.25, 0.3) is 10.9 Å². The summed E-state index contributed by atoms with van der Waals surface area (Å²) in [5.74, 6) is -0.323. The molecule has 2 heterocycles. The van der Waals surface area contributed by atoms with Crippen molar-refractivity contribution in [2.45, 2.75) is 0 Å². The molecule has 0 saturated heterocycles. The molecule has 6 heteroatoms. The van der Waals surface area contributed by atoms with Crippen molar-refractivity contribution >= 4 is 45.7 Å². The Kier molecular flexibility index (Phi) is 3.73. The third-order valence-electron chi connectivity index (χ3n) is 2.94. The Morgan fingerprint density at radius 2 is 1.90 bits per heavy atom. The average molecular weight is 318 g/mol. The quantitative estimate of drug-likeness (QED) is 0.721. The third kappa shape index (κ3) is 2.82. The molecule has 0 aliphatic carbocycles. The second-order valence-corrected chi connectivity index (χ2v) is 5.09. The number of rotatable bonds is 2. The molecule has 21 heavy (non-hydrogen) atoms. The molecule has 0 aliphatic rings. The Morgan fingerprint density at radius 3 is 2.67 bits per heavy atom. The molecule has 0 fully saturated rings. The number of halogens is 2. The van der Waals surface area contributed by atoms with E-state index < -0.39 is 0 Å². The average Bonchev–Trinajstić information content (AvgIpc) is 2.50. The van der Waals surface area contributed by atoms with Crippen LogP contribution in [0.15, 0.2) is 48.8 Å². The van der Waals surface area contributed by atoms with Crippen molar-refractivity contribution in [3.63, 3.8) is 0 Å². The van der Waals surface area contributed by atoms with Crippen molar-refractivity contribution < 1.29 is 4.79 Å². The Labute approximate surface area is 130 Å². The van der Waals surface area contributed by atoms with Crippen molar-refractivity contribution in [2.24, 2.45) is 0 Å². The van der Waals surface area contributed by atoms with Crippen molar-refractivity contribution in [3.8, 4) is 0 Å². The number of aromatic nitrogens is 2. The fraction of sp³-hybridized carbons (Fsp3) is 0. The molecule has 1 aromatic carbocycles. The standard InChI is InChI=1S/C15H9Cl2N3O/c16-12-6-4-10(8-19-12)20-15(21)11-5-3-9-2-1-7-18-14(9)13(11)17/h1-8H,(H,20,21). The predicted octanol–water partition coefficient (Wildman–Crippen LogP) is 4.19. The zero-order valence-electron chi connectivity index (χ0n) is 10.7. The second kappa shape index (κ2) is 5.68. The zero-order chi connectivity index (χ0) is 14.8. The van der Waals surface area contributed by atoms with Crippen molar-refractivity contribution in [2.75, 3.05) is 5.32 Å². The monoisotopic (exact) mass is 317 g/mol. The van der Waals surface area contributed by atoms with Crippen molar-refractivity contribution in [1.82, 2.24) is 9.97 Å². The number of carbonyl (C=O) groups excluding carboxylic acids is 1. The van der Waals surface area contributed by atoms with Crippen LogP contribution in [0.5, 0.6) is 0 Å². The topological polar surface area (TPSA) is 54.9 Å². The van der Waals surface area contributed by atoms with Gasteiger partial charge in [0.25, 0.3) is 5.91 Å². The Balaban J connectivity index is 1.94. The van der Waals surface area contributed by atoms with Crippen LogP contribution in [0.4, 0.5) is 5.69 Å². The van der Waals surface area contributed by atoms with E-state index in [1.165, 1.54) is 6.20 Å². The van der Waals surface area contributed by atoms with Gasteiger partial charge in [-0.3, -0.25) is 9.78 Å². The molecule has 0 bridgehead atoms. The number of anilines is 1. The lowest BCUT2D eigenvalue weighted by atomic mass is 10.1. The SMILES string of the molecule is O=C(Nc1ccc(Cl)nc1)c1ccc2cccnc2c1Cl. The minimum absolute atomic E-state index is 0.323. The Morgan fingerprint density at radius 1 is 1.05 bits per heavy atom. The molecule has 0 unspecified atom stereocenters. The molecule has 0 saturated carbocycles. The molecular formula is C15H9Cl2N3O. The van der Waals surface area contributed by atoms with E-state index in [1.54, 1.807) is 24.4 Å². The maximum atomic E-state index is 12.3. The minimum atomic E-state index is -0.323. The largest absolute Gasteiger partial charge is 0.321 e. The lowest BCUT2D eigenvalue weighted by molar-refractivity contribution is 0.102. The molecule has 2 aromatic heterocycles. The van der Waals surface area contributed by atoms with Crippen LogP contribution in [0.2, 0.25) is 10.2 Å². The first-order chi connectivity index (χ1) is 10.1. The smallest absolute Gasteiger partial charge is 0.257 e. The first kappa shape index (κ1) is 13.8. The van der Waals surface area contributed by atoms with Gasteiger partial charge in [0.05, 0.1) is 28.0 Å². The van der Waals surface area contributed by atoms with Gasteiger partial charge < -0.3 is 5.32 Å². The summed E-state index contributed by atoms with van der Waals surface area (Å²) in [6, 6.07) is 10.5. The van der Waals surface area contributed by atoms with Crippen molar-refractivity contribution in [1.29, 1.82) is 0 Å². The molecule has 4 nitrogen and oxygen atoms in total. The van der Waals surface area contributed by atoms with Crippen LogP contribution >= 0.6 is 23.2 Å². The third-order valence-corrected chi connectivity index (χ3v) is 3.55. The number of nitrogens with zero attached hydrogens (tertiary/aromatic N) is 2. The number of amides is 1. The Hall–Kier alpha value is -2.17. The molecule has 0 spiro atoms. The summed E-state index contributed by atoms with van der Waals surface area (Å²) in [6.07, 6.45) is 3.12. The zero-order valence-corrected chi connectivity index (χ0v) is 12.2. The number of fused-ring (bicyclic) bond motifs is 1. The van der Waals surface area contributed by atoms with E-state index in [1.807, 2.05) is 18.2 Å². The summed E-state index contributed by atoms with van der Waals surface area (Å²) in [5, 5.41) is 4.29. The first-order valence-electron chi connectivity index (χ1n) is 6.11. The molecule has 1 amide bonds. The van der Waals surface area contributed by atoms with Gasteiger partial charge in [0.1, 0.15) is 5.15 Å². The van der Waals surface area contributed by atoms with Crippen LogP contribution in [0.1, 0.15) is 10.4 Å². The van der Waals surface area contributed by atoms with Gasteiger partial charge >= 0.3 is 0 Å². The summed E-state index contributed by atoms with van der Waals surface area (Å²) in [5.41, 5.74) is 1.50. The molecule has 0 atom stereocenters. The molecule has 0 radical (unpaired) electrons. The van der Waals surface area contributed by atoms with Gasteiger partial charge in [0, 0.05) is 11.6 Å². The highest BCUT2D eigenvalue weighted by molar-refractivity contribution is 6.38. The second-order valence-electron chi connectivity index (χ2n) is 4.33. The number of nitrogens with one attached hydrogen (secondary N) is 1. The number of carbonyl (C=O) groups is 1.